The van der Waals surface area contributed by atoms with E-state index in [2.05, 4.69) is 10.3 Å². The van der Waals surface area contributed by atoms with E-state index < -0.39 is 17.9 Å². The summed E-state index contributed by atoms with van der Waals surface area (Å²) in [5.74, 6) is -1.38. The van der Waals surface area contributed by atoms with Crippen molar-refractivity contribution < 1.29 is 19.4 Å². The molecule has 1 amide bonds. The maximum Gasteiger partial charge on any atom is 0.326 e. The highest BCUT2D eigenvalue weighted by Crippen LogP contribution is 2.30. The van der Waals surface area contributed by atoms with Gasteiger partial charge in [-0.05, 0) is 17.9 Å². The number of carbonyl (C=O) groups excluding carboxylic acids is 1. The molecule has 0 saturated heterocycles. The monoisotopic (exact) mass is 362 g/mol. The second kappa shape index (κ2) is 8.73. The van der Waals surface area contributed by atoms with E-state index in [9.17, 15) is 14.7 Å². The van der Waals surface area contributed by atoms with E-state index in [0.717, 1.165) is 5.56 Å². The van der Waals surface area contributed by atoms with E-state index in [1.165, 1.54) is 11.3 Å². The average molecular weight is 362 g/mol. The summed E-state index contributed by atoms with van der Waals surface area (Å²) < 4.78 is 5.11. The van der Waals surface area contributed by atoms with Crippen LogP contribution in [0.2, 0.25) is 0 Å². The molecule has 0 aliphatic rings. The van der Waals surface area contributed by atoms with Crippen LogP contribution in [0.4, 0.5) is 0 Å². The van der Waals surface area contributed by atoms with Gasteiger partial charge in [0, 0.05) is 7.11 Å². The molecule has 1 aromatic heterocycles. The summed E-state index contributed by atoms with van der Waals surface area (Å²) >= 11 is 1.37. The fourth-order valence-electron chi connectivity index (χ4n) is 2.41. The van der Waals surface area contributed by atoms with Crippen LogP contribution >= 0.6 is 11.3 Å². The number of carbonyl (C=O) groups is 2. The van der Waals surface area contributed by atoms with Crippen LogP contribution in [0.3, 0.4) is 0 Å². The minimum Gasteiger partial charge on any atom is -0.480 e. The SMILES string of the molecule is COCc1nc(C(=O)N[C@H](CC(C)C)C(=O)O)c(-c2ccccc2)s1. The third kappa shape index (κ3) is 5.11. The number of nitrogens with zero attached hydrogens (tertiary/aromatic N) is 1. The molecule has 2 N–H and O–H groups in total. The summed E-state index contributed by atoms with van der Waals surface area (Å²) in [7, 11) is 1.56. The first-order valence-electron chi connectivity index (χ1n) is 8.00. The van der Waals surface area contributed by atoms with E-state index in [1.54, 1.807) is 7.11 Å². The van der Waals surface area contributed by atoms with Gasteiger partial charge in [-0.25, -0.2) is 9.78 Å². The summed E-state index contributed by atoms with van der Waals surface area (Å²) in [5, 5.41) is 12.6. The van der Waals surface area contributed by atoms with Crippen LogP contribution in [0.5, 0.6) is 0 Å². The number of methoxy groups -OCH3 is 1. The lowest BCUT2D eigenvalue weighted by atomic mass is 10.0. The molecule has 0 aliphatic carbocycles. The third-order valence-corrected chi connectivity index (χ3v) is 4.58. The van der Waals surface area contributed by atoms with Crippen LogP contribution in [0.15, 0.2) is 30.3 Å². The number of hydrogen-bond donors (Lipinski definition) is 2. The Balaban J connectivity index is 2.33. The quantitative estimate of drug-likeness (QED) is 0.753. The van der Waals surface area contributed by atoms with Crippen molar-refractivity contribution in [2.45, 2.75) is 32.9 Å². The molecule has 0 bridgehead atoms. The van der Waals surface area contributed by atoms with Gasteiger partial charge in [-0.1, -0.05) is 44.2 Å². The molecular weight excluding hydrogens is 340 g/mol. The Hall–Kier alpha value is -2.25. The van der Waals surface area contributed by atoms with E-state index in [0.29, 0.717) is 22.9 Å². The van der Waals surface area contributed by atoms with Gasteiger partial charge in [0.25, 0.3) is 5.91 Å². The number of aliphatic carboxylic acids is 1. The molecule has 1 atom stereocenters. The normalized spacial score (nSPS) is 12.2. The van der Waals surface area contributed by atoms with Crippen LogP contribution in [0.25, 0.3) is 10.4 Å². The number of ether oxygens (including phenoxy) is 1. The van der Waals surface area contributed by atoms with Crippen molar-refractivity contribution in [2.24, 2.45) is 5.92 Å². The molecule has 0 unspecified atom stereocenters. The van der Waals surface area contributed by atoms with Gasteiger partial charge in [0.1, 0.15) is 16.7 Å². The number of rotatable bonds is 8. The Labute approximate surface area is 150 Å². The average Bonchev–Trinajstić information content (AvgIpc) is 2.99. The van der Waals surface area contributed by atoms with Crippen molar-refractivity contribution in [3.8, 4) is 10.4 Å². The maximum atomic E-state index is 12.7. The topological polar surface area (TPSA) is 88.5 Å². The molecule has 2 rings (SSSR count). The highest BCUT2D eigenvalue weighted by Gasteiger charge is 2.25. The number of benzene rings is 1. The lowest BCUT2D eigenvalue weighted by Gasteiger charge is -2.16. The van der Waals surface area contributed by atoms with E-state index in [1.807, 2.05) is 44.2 Å². The Morgan fingerprint density at radius 2 is 1.96 bits per heavy atom. The zero-order valence-corrected chi connectivity index (χ0v) is 15.3. The summed E-state index contributed by atoms with van der Waals surface area (Å²) in [6.07, 6.45) is 0.358. The second-order valence-corrected chi connectivity index (χ2v) is 7.16. The fraction of sp³-hybridized carbons (Fsp3) is 0.389. The first-order valence-corrected chi connectivity index (χ1v) is 8.81. The first-order chi connectivity index (χ1) is 11.9. The molecular formula is C18H22N2O4S. The van der Waals surface area contributed by atoms with E-state index >= 15 is 0 Å². The summed E-state index contributed by atoms with van der Waals surface area (Å²) in [6.45, 7) is 4.13. The van der Waals surface area contributed by atoms with Gasteiger partial charge >= 0.3 is 5.97 Å². The largest absolute Gasteiger partial charge is 0.480 e. The Morgan fingerprint density at radius 1 is 1.28 bits per heavy atom. The van der Waals surface area contributed by atoms with E-state index in [4.69, 9.17) is 4.74 Å². The summed E-state index contributed by atoms with van der Waals surface area (Å²) in [5.41, 5.74) is 1.10. The Kier molecular flexibility index (Phi) is 6.66. The molecule has 0 saturated carbocycles. The maximum absolute atomic E-state index is 12.7. The van der Waals surface area contributed by atoms with Crippen molar-refractivity contribution in [1.82, 2.24) is 10.3 Å². The first kappa shape index (κ1) is 19.1. The van der Waals surface area contributed by atoms with Crippen LogP contribution in [0.1, 0.15) is 35.8 Å². The smallest absolute Gasteiger partial charge is 0.326 e. The van der Waals surface area contributed by atoms with Crippen LogP contribution < -0.4 is 5.32 Å². The molecule has 7 heteroatoms. The van der Waals surface area contributed by atoms with Crippen molar-refractivity contribution >= 4 is 23.2 Å². The molecule has 1 aromatic carbocycles. The van der Waals surface area contributed by atoms with Gasteiger partial charge in [-0.15, -0.1) is 11.3 Å². The lowest BCUT2D eigenvalue weighted by Crippen LogP contribution is -2.41. The molecule has 25 heavy (non-hydrogen) atoms. The van der Waals surface area contributed by atoms with Crippen LogP contribution in [-0.4, -0.2) is 35.1 Å². The Bertz CT molecular complexity index is 728. The minimum absolute atomic E-state index is 0.148. The van der Waals surface area contributed by atoms with Gasteiger partial charge in [0.2, 0.25) is 0 Å². The van der Waals surface area contributed by atoms with Crippen LogP contribution in [-0.2, 0) is 16.1 Å². The molecule has 134 valence electrons. The number of carboxylic acids is 1. The third-order valence-electron chi connectivity index (χ3n) is 3.50. The van der Waals surface area contributed by atoms with Gasteiger partial charge in [-0.2, -0.15) is 0 Å². The fourth-order valence-corrected chi connectivity index (χ4v) is 3.45. The van der Waals surface area contributed by atoms with Crippen molar-refractivity contribution in [3.63, 3.8) is 0 Å². The standard InChI is InChI=1S/C18H22N2O4S/c1-11(2)9-13(18(22)23)19-17(21)15-16(12-7-5-4-6-8-12)25-14(20-15)10-24-3/h4-8,11,13H,9-10H2,1-3H3,(H,19,21)(H,22,23)/t13-/m1/s1. The van der Waals surface area contributed by atoms with Gasteiger partial charge in [0.15, 0.2) is 0 Å². The summed E-state index contributed by atoms with van der Waals surface area (Å²) in [4.78, 5) is 29.2. The van der Waals surface area contributed by atoms with Crippen LogP contribution in [0, 0.1) is 5.92 Å². The summed E-state index contributed by atoms with van der Waals surface area (Å²) in [6, 6.07) is 8.50. The molecule has 0 aliphatic heterocycles. The zero-order chi connectivity index (χ0) is 18.4. The van der Waals surface area contributed by atoms with Gasteiger partial charge < -0.3 is 15.2 Å². The number of hydrogen-bond acceptors (Lipinski definition) is 5. The van der Waals surface area contributed by atoms with Gasteiger partial charge in [-0.3, -0.25) is 4.79 Å². The molecule has 0 fully saturated rings. The molecule has 0 radical (unpaired) electrons. The number of thiazole rings is 1. The van der Waals surface area contributed by atoms with Crippen molar-refractivity contribution in [3.05, 3.63) is 41.0 Å². The minimum atomic E-state index is -1.05. The number of amides is 1. The molecule has 2 aromatic rings. The van der Waals surface area contributed by atoms with Crippen molar-refractivity contribution in [1.29, 1.82) is 0 Å². The second-order valence-electron chi connectivity index (χ2n) is 6.08. The Morgan fingerprint density at radius 3 is 2.52 bits per heavy atom. The molecule has 1 heterocycles. The predicted molar refractivity (Wildman–Crippen MR) is 96.6 cm³/mol. The highest BCUT2D eigenvalue weighted by molar-refractivity contribution is 7.15. The number of nitrogens with one attached hydrogen (secondary N) is 1. The lowest BCUT2D eigenvalue weighted by molar-refractivity contribution is -0.139. The molecule has 6 nitrogen and oxygen atoms in total. The van der Waals surface area contributed by atoms with Gasteiger partial charge in [0.05, 0.1) is 11.5 Å². The highest BCUT2D eigenvalue weighted by atomic mass is 32.1. The zero-order valence-electron chi connectivity index (χ0n) is 14.5. The molecule has 0 spiro atoms. The number of aromatic nitrogens is 1. The number of carboxylic acid groups (broad SMARTS) is 1. The van der Waals surface area contributed by atoms with Crippen molar-refractivity contribution in [2.75, 3.05) is 7.11 Å². The van der Waals surface area contributed by atoms with E-state index in [-0.39, 0.29) is 11.6 Å². The predicted octanol–water partition coefficient (Wildman–Crippen LogP) is 3.19.